The van der Waals surface area contributed by atoms with E-state index < -0.39 is 5.91 Å². The maximum Gasteiger partial charge on any atom is 0.274 e. The zero-order valence-corrected chi connectivity index (χ0v) is 15.9. The van der Waals surface area contributed by atoms with E-state index in [0.29, 0.717) is 10.3 Å². The SMILES string of the molecule is Nc1cc(Br)nc(C(=O)NCc2ccc(F)cc2)c1OCc1ccccc1. The number of nitrogens with zero attached hydrogens (tertiary/aromatic N) is 1. The van der Waals surface area contributed by atoms with Crippen LogP contribution in [0.25, 0.3) is 0 Å². The molecule has 0 unspecified atom stereocenters. The molecule has 1 amide bonds. The van der Waals surface area contributed by atoms with E-state index in [4.69, 9.17) is 10.5 Å². The Morgan fingerprint density at radius 1 is 1.11 bits per heavy atom. The van der Waals surface area contributed by atoms with Gasteiger partial charge in [0.1, 0.15) is 17.0 Å². The van der Waals surface area contributed by atoms with Crippen molar-refractivity contribution in [3.8, 4) is 5.75 Å². The van der Waals surface area contributed by atoms with E-state index in [1.165, 1.54) is 12.1 Å². The molecule has 0 fully saturated rings. The molecule has 27 heavy (non-hydrogen) atoms. The predicted octanol–water partition coefficient (Wildman–Crippen LogP) is 4.07. The summed E-state index contributed by atoms with van der Waals surface area (Å²) in [5.74, 6) is -0.544. The molecule has 0 saturated heterocycles. The summed E-state index contributed by atoms with van der Waals surface area (Å²) >= 11 is 3.25. The lowest BCUT2D eigenvalue weighted by Gasteiger charge is -2.14. The highest BCUT2D eigenvalue weighted by Crippen LogP contribution is 2.29. The number of pyridine rings is 1. The van der Waals surface area contributed by atoms with Gasteiger partial charge in [0, 0.05) is 6.54 Å². The van der Waals surface area contributed by atoms with Gasteiger partial charge in [-0.25, -0.2) is 9.37 Å². The Bertz CT molecular complexity index is 934. The van der Waals surface area contributed by atoms with Gasteiger partial charge in [0.05, 0.1) is 5.69 Å². The minimum atomic E-state index is -0.435. The van der Waals surface area contributed by atoms with Crippen LogP contribution in [0.15, 0.2) is 65.3 Å². The van der Waals surface area contributed by atoms with Crippen LogP contribution in [0.4, 0.5) is 10.1 Å². The van der Waals surface area contributed by atoms with Gasteiger partial charge >= 0.3 is 0 Å². The number of benzene rings is 2. The molecule has 0 bridgehead atoms. The van der Waals surface area contributed by atoms with E-state index in [0.717, 1.165) is 11.1 Å². The van der Waals surface area contributed by atoms with Crippen LogP contribution in [0.2, 0.25) is 0 Å². The highest BCUT2D eigenvalue weighted by molar-refractivity contribution is 9.10. The number of carbonyl (C=O) groups is 1. The van der Waals surface area contributed by atoms with Crippen LogP contribution >= 0.6 is 15.9 Å². The molecule has 0 spiro atoms. The lowest BCUT2D eigenvalue weighted by Crippen LogP contribution is -2.25. The zero-order chi connectivity index (χ0) is 19.2. The number of aromatic nitrogens is 1. The number of carbonyl (C=O) groups excluding carboxylic acids is 1. The maximum atomic E-state index is 13.0. The second-order valence-electron chi connectivity index (χ2n) is 5.80. The summed E-state index contributed by atoms with van der Waals surface area (Å²) in [5, 5.41) is 2.75. The third kappa shape index (κ3) is 5.04. The molecule has 0 aliphatic heterocycles. The number of amides is 1. The molecule has 0 radical (unpaired) electrons. The quantitative estimate of drug-likeness (QED) is 0.578. The number of nitrogen functional groups attached to an aromatic ring is 1. The van der Waals surface area contributed by atoms with Gasteiger partial charge in [-0.2, -0.15) is 0 Å². The van der Waals surface area contributed by atoms with Crippen molar-refractivity contribution in [2.45, 2.75) is 13.2 Å². The molecule has 0 aliphatic rings. The van der Waals surface area contributed by atoms with Gasteiger partial charge in [-0.15, -0.1) is 0 Å². The van der Waals surface area contributed by atoms with Gasteiger partial charge in [0.15, 0.2) is 11.4 Å². The third-order valence-corrected chi connectivity index (χ3v) is 4.18. The van der Waals surface area contributed by atoms with Crippen LogP contribution in [0.5, 0.6) is 5.75 Å². The summed E-state index contributed by atoms with van der Waals surface area (Å²) < 4.78 is 19.2. The Morgan fingerprint density at radius 3 is 2.52 bits per heavy atom. The first kappa shape index (κ1) is 18.8. The normalized spacial score (nSPS) is 10.4. The third-order valence-electron chi connectivity index (χ3n) is 3.78. The van der Waals surface area contributed by atoms with Crippen LogP contribution in [-0.4, -0.2) is 10.9 Å². The lowest BCUT2D eigenvalue weighted by molar-refractivity contribution is 0.0941. The summed E-state index contributed by atoms with van der Waals surface area (Å²) in [5.41, 5.74) is 8.13. The van der Waals surface area contributed by atoms with E-state index in [9.17, 15) is 9.18 Å². The molecular weight excluding hydrogens is 413 g/mol. The van der Waals surface area contributed by atoms with Gasteiger partial charge in [-0.3, -0.25) is 4.79 Å². The van der Waals surface area contributed by atoms with Crippen molar-refractivity contribution in [2.24, 2.45) is 0 Å². The average molecular weight is 430 g/mol. The molecule has 1 aromatic heterocycles. The van der Waals surface area contributed by atoms with Gasteiger partial charge in [-0.1, -0.05) is 42.5 Å². The molecule has 7 heteroatoms. The first-order valence-electron chi connectivity index (χ1n) is 8.18. The van der Waals surface area contributed by atoms with Crippen LogP contribution in [0.3, 0.4) is 0 Å². The summed E-state index contributed by atoms with van der Waals surface area (Å²) in [7, 11) is 0. The van der Waals surface area contributed by atoms with Crippen molar-refractivity contribution in [3.63, 3.8) is 0 Å². The largest absolute Gasteiger partial charge is 0.484 e. The topological polar surface area (TPSA) is 77.2 Å². The molecule has 3 aromatic rings. The smallest absolute Gasteiger partial charge is 0.274 e. The predicted molar refractivity (Wildman–Crippen MR) is 105 cm³/mol. The fourth-order valence-electron chi connectivity index (χ4n) is 2.42. The molecule has 0 saturated carbocycles. The Balaban J connectivity index is 1.76. The highest BCUT2D eigenvalue weighted by atomic mass is 79.9. The standard InChI is InChI=1S/C20H17BrFN3O2/c21-17-10-16(23)19(27-12-14-4-2-1-3-5-14)18(25-17)20(26)24-11-13-6-8-15(22)9-7-13/h1-10H,11-12H2,(H2,23,25)(H,24,26). The molecular formula is C20H17BrFN3O2. The Morgan fingerprint density at radius 2 is 1.81 bits per heavy atom. The number of hydrogen-bond acceptors (Lipinski definition) is 4. The summed E-state index contributed by atoms with van der Waals surface area (Å²) in [6.45, 7) is 0.484. The van der Waals surface area contributed by atoms with Crippen molar-refractivity contribution in [1.82, 2.24) is 10.3 Å². The first-order chi connectivity index (χ1) is 13.0. The number of rotatable bonds is 6. The summed E-state index contributed by atoms with van der Waals surface area (Å²) in [4.78, 5) is 16.8. The number of halogens is 2. The summed E-state index contributed by atoms with van der Waals surface area (Å²) in [6.07, 6.45) is 0. The first-order valence-corrected chi connectivity index (χ1v) is 8.97. The van der Waals surface area contributed by atoms with Crippen molar-refractivity contribution in [1.29, 1.82) is 0 Å². The van der Waals surface area contributed by atoms with Crippen LogP contribution < -0.4 is 15.8 Å². The van der Waals surface area contributed by atoms with Crippen molar-refractivity contribution in [2.75, 3.05) is 5.73 Å². The van der Waals surface area contributed by atoms with Crippen molar-refractivity contribution < 1.29 is 13.9 Å². The number of nitrogens with two attached hydrogens (primary N) is 1. The second kappa shape index (κ2) is 8.64. The minimum Gasteiger partial charge on any atom is -0.484 e. The Labute approximate surface area is 164 Å². The van der Waals surface area contributed by atoms with Gasteiger partial charge < -0.3 is 15.8 Å². The van der Waals surface area contributed by atoms with E-state index in [2.05, 4.69) is 26.2 Å². The van der Waals surface area contributed by atoms with E-state index in [1.807, 2.05) is 30.3 Å². The molecule has 3 N–H and O–H groups in total. The lowest BCUT2D eigenvalue weighted by atomic mass is 10.2. The molecule has 1 heterocycles. The highest BCUT2D eigenvalue weighted by Gasteiger charge is 2.19. The fourth-order valence-corrected chi connectivity index (χ4v) is 2.85. The Kier molecular flexibility index (Phi) is 6.03. The number of nitrogens with one attached hydrogen (secondary N) is 1. The van der Waals surface area contributed by atoms with Gasteiger partial charge in [-0.05, 0) is 45.3 Å². The molecule has 5 nitrogen and oxygen atoms in total. The second-order valence-corrected chi connectivity index (χ2v) is 6.61. The monoisotopic (exact) mass is 429 g/mol. The average Bonchev–Trinajstić information content (AvgIpc) is 2.67. The number of anilines is 1. The van der Waals surface area contributed by atoms with E-state index in [1.54, 1.807) is 18.2 Å². The van der Waals surface area contributed by atoms with Crippen LogP contribution in [0.1, 0.15) is 21.6 Å². The van der Waals surface area contributed by atoms with Crippen molar-refractivity contribution in [3.05, 3.63) is 87.9 Å². The fraction of sp³-hybridized carbons (Fsp3) is 0.100. The van der Waals surface area contributed by atoms with Crippen LogP contribution in [-0.2, 0) is 13.2 Å². The molecule has 3 rings (SSSR count). The number of hydrogen-bond donors (Lipinski definition) is 2. The van der Waals surface area contributed by atoms with Gasteiger partial charge in [0.2, 0.25) is 0 Å². The molecule has 138 valence electrons. The summed E-state index contributed by atoms with van der Waals surface area (Å²) in [6, 6.07) is 17.0. The molecule has 2 aromatic carbocycles. The molecule has 0 atom stereocenters. The van der Waals surface area contributed by atoms with Crippen LogP contribution in [0, 0.1) is 5.82 Å². The van der Waals surface area contributed by atoms with E-state index in [-0.39, 0.29) is 30.4 Å². The van der Waals surface area contributed by atoms with Crippen molar-refractivity contribution >= 4 is 27.5 Å². The Hall–Kier alpha value is -2.93. The zero-order valence-electron chi connectivity index (χ0n) is 14.3. The van der Waals surface area contributed by atoms with E-state index >= 15 is 0 Å². The van der Waals surface area contributed by atoms with Gasteiger partial charge in [0.25, 0.3) is 5.91 Å². The minimum absolute atomic E-state index is 0.0833. The number of ether oxygens (including phenoxy) is 1. The molecule has 0 aliphatic carbocycles. The maximum absolute atomic E-state index is 13.0.